The van der Waals surface area contributed by atoms with E-state index in [0.29, 0.717) is 10.0 Å². The van der Waals surface area contributed by atoms with E-state index in [1.54, 1.807) is 26.8 Å². The maximum absolute atomic E-state index is 11.5. The van der Waals surface area contributed by atoms with Crippen molar-refractivity contribution >= 4 is 27.4 Å². The molecule has 5 nitrogen and oxygen atoms in total. The van der Waals surface area contributed by atoms with E-state index in [9.17, 15) is 14.9 Å². The molecular weight excluding hydrogens is 302 g/mol. The summed E-state index contributed by atoms with van der Waals surface area (Å²) >= 11 is 3.19. The number of benzene rings is 1. The van der Waals surface area contributed by atoms with Crippen molar-refractivity contribution in [1.82, 2.24) is 0 Å². The first-order valence-corrected chi connectivity index (χ1v) is 6.22. The lowest BCUT2D eigenvalue weighted by molar-refractivity contribution is -0.385. The average Bonchev–Trinajstić information content (AvgIpc) is 2.26. The number of ketones is 1. The Labute approximate surface area is 113 Å². The fraction of sp³-hybridized carbons (Fsp3) is 0.417. The van der Waals surface area contributed by atoms with Gasteiger partial charge in [-0.15, -0.1) is 0 Å². The van der Waals surface area contributed by atoms with Crippen LogP contribution in [0.4, 0.5) is 5.69 Å². The van der Waals surface area contributed by atoms with Crippen LogP contribution in [0.5, 0.6) is 5.75 Å². The van der Waals surface area contributed by atoms with Gasteiger partial charge in [0.15, 0.2) is 5.78 Å². The maximum Gasteiger partial charge on any atom is 0.312 e. The summed E-state index contributed by atoms with van der Waals surface area (Å²) in [6.07, 6.45) is 0. The molecule has 0 spiro atoms. The first kappa shape index (κ1) is 14.6. The van der Waals surface area contributed by atoms with E-state index in [0.717, 1.165) is 0 Å². The van der Waals surface area contributed by atoms with Crippen molar-refractivity contribution in [3.8, 4) is 5.75 Å². The molecule has 0 heterocycles. The molecular formula is C12H14BrNO4. The van der Waals surface area contributed by atoms with Crippen LogP contribution >= 0.6 is 15.9 Å². The fourth-order valence-corrected chi connectivity index (χ4v) is 1.91. The lowest BCUT2D eigenvalue weighted by Gasteiger charge is -2.10. The first-order valence-electron chi connectivity index (χ1n) is 5.43. The van der Waals surface area contributed by atoms with Gasteiger partial charge in [-0.1, -0.05) is 29.8 Å². The molecule has 0 saturated carbocycles. The van der Waals surface area contributed by atoms with Crippen molar-refractivity contribution in [1.29, 1.82) is 0 Å². The van der Waals surface area contributed by atoms with Crippen LogP contribution in [0.15, 0.2) is 16.6 Å². The van der Waals surface area contributed by atoms with E-state index in [-0.39, 0.29) is 29.7 Å². The molecule has 1 aromatic carbocycles. The smallest absolute Gasteiger partial charge is 0.312 e. The Morgan fingerprint density at radius 1 is 1.50 bits per heavy atom. The molecule has 0 radical (unpaired) electrons. The predicted octanol–water partition coefficient (Wildman–Crippen LogP) is 3.27. The van der Waals surface area contributed by atoms with Gasteiger partial charge in [0.05, 0.1) is 4.92 Å². The minimum Gasteiger partial charge on any atom is -0.479 e. The Hall–Kier alpha value is -1.43. The van der Waals surface area contributed by atoms with Crippen LogP contribution in [0, 0.1) is 23.0 Å². The second-order valence-electron chi connectivity index (χ2n) is 4.24. The van der Waals surface area contributed by atoms with Crippen LogP contribution in [0.3, 0.4) is 0 Å². The van der Waals surface area contributed by atoms with E-state index in [2.05, 4.69) is 15.9 Å². The molecule has 0 amide bonds. The molecule has 6 heteroatoms. The minimum atomic E-state index is -0.521. The fourth-order valence-electron chi connectivity index (χ4n) is 1.35. The van der Waals surface area contributed by atoms with Crippen molar-refractivity contribution < 1.29 is 14.5 Å². The number of hydrogen-bond acceptors (Lipinski definition) is 4. The Bertz CT molecular complexity index is 485. The SMILES string of the molecule is Cc1cc(Br)cc([N+](=O)[O-])c1OCC(=O)C(C)C. The van der Waals surface area contributed by atoms with Crippen LogP contribution in [-0.2, 0) is 4.79 Å². The van der Waals surface area contributed by atoms with E-state index >= 15 is 0 Å². The highest BCUT2D eigenvalue weighted by molar-refractivity contribution is 9.10. The molecule has 0 aliphatic rings. The zero-order chi connectivity index (χ0) is 13.9. The lowest BCUT2D eigenvalue weighted by Crippen LogP contribution is -2.17. The van der Waals surface area contributed by atoms with Crippen LogP contribution in [0.1, 0.15) is 19.4 Å². The molecule has 0 unspecified atom stereocenters. The molecule has 0 N–H and O–H groups in total. The van der Waals surface area contributed by atoms with Crippen molar-refractivity contribution in [2.75, 3.05) is 6.61 Å². The van der Waals surface area contributed by atoms with E-state index in [1.165, 1.54) is 6.07 Å². The summed E-state index contributed by atoms with van der Waals surface area (Å²) in [7, 11) is 0. The second kappa shape index (κ2) is 5.95. The summed E-state index contributed by atoms with van der Waals surface area (Å²) < 4.78 is 5.90. The highest BCUT2D eigenvalue weighted by atomic mass is 79.9. The van der Waals surface area contributed by atoms with E-state index in [4.69, 9.17) is 4.74 Å². The highest BCUT2D eigenvalue weighted by Gasteiger charge is 2.20. The Balaban J connectivity index is 3.01. The molecule has 0 saturated heterocycles. The largest absolute Gasteiger partial charge is 0.479 e. The summed E-state index contributed by atoms with van der Waals surface area (Å²) in [6, 6.07) is 3.07. The summed E-state index contributed by atoms with van der Waals surface area (Å²) in [5.74, 6) is -0.0939. The summed E-state index contributed by atoms with van der Waals surface area (Å²) in [5, 5.41) is 10.9. The van der Waals surface area contributed by atoms with Crippen molar-refractivity contribution in [3.63, 3.8) is 0 Å². The molecule has 18 heavy (non-hydrogen) atoms. The zero-order valence-electron chi connectivity index (χ0n) is 10.4. The molecule has 0 aromatic heterocycles. The van der Waals surface area contributed by atoms with Gasteiger partial charge >= 0.3 is 5.69 Å². The maximum atomic E-state index is 11.5. The van der Waals surface area contributed by atoms with Crippen molar-refractivity contribution in [3.05, 3.63) is 32.3 Å². The number of ether oxygens (including phenoxy) is 1. The Morgan fingerprint density at radius 2 is 2.11 bits per heavy atom. The predicted molar refractivity (Wildman–Crippen MR) is 70.9 cm³/mol. The number of carbonyl (C=O) groups is 1. The van der Waals surface area contributed by atoms with Crippen LogP contribution in [0.2, 0.25) is 0 Å². The standard InChI is InChI=1S/C12H14BrNO4/c1-7(2)11(15)6-18-12-8(3)4-9(13)5-10(12)14(16)17/h4-5,7H,6H2,1-3H3. The van der Waals surface area contributed by atoms with Crippen molar-refractivity contribution in [2.45, 2.75) is 20.8 Å². The molecule has 98 valence electrons. The Kier molecular flexibility index (Phi) is 4.84. The number of Topliss-reactive ketones (excluding diaryl/α,β-unsaturated/α-hetero) is 1. The molecule has 0 aliphatic heterocycles. The monoisotopic (exact) mass is 315 g/mol. The van der Waals surface area contributed by atoms with Gasteiger partial charge in [-0.2, -0.15) is 0 Å². The molecule has 0 bridgehead atoms. The Morgan fingerprint density at radius 3 is 2.61 bits per heavy atom. The van der Waals surface area contributed by atoms with Crippen LogP contribution in [-0.4, -0.2) is 17.3 Å². The van der Waals surface area contributed by atoms with Gasteiger partial charge in [0, 0.05) is 16.5 Å². The first-order chi connectivity index (χ1) is 8.32. The average molecular weight is 316 g/mol. The minimum absolute atomic E-state index is 0.0911. The number of hydrogen-bond donors (Lipinski definition) is 0. The quantitative estimate of drug-likeness (QED) is 0.617. The number of nitro groups is 1. The summed E-state index contributed by atoms with van der Waals surface area (Å²) in [4.78, 5) is 21.9. The van der Waals surface area contributed by atoms with Gasteiger partial charge in [0.1, 0.15) is 6.61 Å². The highest BCUT2D eigenvalue weighted by Crippen LogP contribution is 2.34. The van der Waals surface area contributed by atoms with Crippen molar-refractivity contribution in [2.24, 2.45) is 5.92 Å². The number of nitro benzene ring substituents is 1. The van der Waals surface area contributed by atoms with Gasteiger partial charge in [0.25, 0.3) is 0 Å². The number of rotatable bonds is 5. The van der Waals surface area contributed by atoms with Crippen LogP contribution in [0.25, 0.3) is 0 Å². The van der Waals surface area contributed by atoms with Gasteiger partial charge in [-0.3, -0.25) is 14.9 Å². The third kappa shape index (κ3) is 3.53. The molecule has 1 aromatic rings. The zero-order valence-corrected chi connectivity index (χ0v) is 12.0. The van der Waals surface area contributed by atoms with E-state index in [1.807, 2.05) is 0 Å². The second-order valence-corrected chi connectivity index (χ2v) is 5.15. The van der Waals surface area contributed by atoms with E-state index < -0.39 is 4.92 Å². The molecule has 0 atom stereocenters. The van der Waals surface area contributed by atoms with Gasteiger partial charge in [0.2, 0.25) is 5.75 Å². The number of carbonyl (C=O) groups excluding carboxylic acids is 1. The third-order valence-electron chi connectivity index (χ3n) is 2.42. The summed E-state index contributed by atoms with van der Waals surface area (Å²) in [5.41, 5.74) is 0.478. The molecule has 1 rings (SSSR count). The third-order valence-corrected chi connectivity index (χ3v) is 2.88. The summed E-state index contributed by atoms with van der Waals surface area (Å²) in [6.45, 7) is 5.07. The topological polar surface area (TPSA) is 69.4 Å². The van der Waals surface area contributed by atoms with Gasteiger partial charge in [-0.25, -0.2) is 0 Å². The number of halogens is 1. The number of aryl methyl sites for hydroxylation is 1. The molecule has 0 fully saturated rings. The normalized spacial score (nSPS) is 10.5. The van der Waals surface area contributed by atoms with Gasteiger partial charge < -0.3 is 4.74 Å². The number of nitrogens with zero attached hydrogens (tertiary/aromatic N) is 1. The molecule has 0 aliphatic carbocycles. The van der Waals surface area contributed by atoms with Crippen LogP contribution < -0.4 is 4.74 Å². The van der Waals surface area contributed by atoms with Gasteiger partial charge in [-0.05, 0) is 18.6 Å². The lowest BCUT2D eigenvalue weighted by atomic mass is 10.1.